The van der Waals surface area contributed by atoms with Crippen molar-refractivity contribution < 1.29 is 22.7 Å². The lowest BCUT2D eigenvalue weighted by Gasteiger charge is -2.06. The minimum atomic E-state index is -3.44. The van der Waals surface area contributed by atoms with Crippen LogP contribution in [-0.2, 0) is 24.3 Å². The van der Waals surface area contributed by atoms with Crippen LogP contribution in [0.15, 0.2) is 12.2 Å². The Bertz CT molecular complexity index is 350. The van der Waals surface area contributed by atoms with Crippen molar-refractivity contribution in [3.8, 4) is 0 Å². The maximum absolute atomic E-state index is 11.4. The van der Waals surface area contributed by atoms with E-state index in [0.29, 0.717) is 6.61 Å². The van der Waals surface area contributed by atoms with Crippen LogP contribution in [0, 0.1) is 0 Å². The predicted molar refractivity (Wildman–Crippen MR) is 64.1 cm³/mol. The minimum absolute atomic E-state index is 0.154. The normalized spacial score (nSPS) is 11.2. The molecule has 0 spiro atoms. The summed E-state index contributed by atoms with van der Waals surface area (Å²) in [4.78, 5) is 10.8. The van der Waals surface area contributed by atoms with E-state index in [0.717, 1.165) is 5.57 Å². The molecule has 0 saturated heterocycles. The summed E-state index contributed by atoms with van der Waals surface area (Å²) in [5.41, 5.74) is 0.874. The Labute approximate surface area is 102 Å². The fourth-order valence-electron chi connectivity index (χ4n) is 0.908. The van der Waals surface area contributed by atoms with Gasteiger partial charge in [0.25, 0.3) is 0 Å². The van der Waals surface area contributed by atoms with E-state index in [9.17, 15) is 13.2 Å². The van der Waals surface area contributed by atoms with Crippen molar-refractivity contribution in [2.75, 3.05) is 32.6 Å². The lowest BCUT2D eigenvalue weighted by Crippen LogP contribution is -2.30. The number of rotatable bonds is 9. The van der Waals surface area contributed by atoms with Gasteiger partial charge >= 0.3 is 5.97 Å². The van der Waals surface area contributed by atoms with E-state index in [2.05, 4.69) is 16.0 Å². The molecular weight excluding hydrogens is 246 g/mol. The number of carbonyl (C=O) groups excluding carboxylic acids is 1. The number of ether oxygens (including phenoxy) is 2. The third-order valence-electron chi connectivity index (χ3n) is 1.72. The first-order valence-corrected chi connectivity index (χ1v) is 6.79. The van der Waals surface area contributed by atoms with E-state index in [4.69, 9.17) is 4.74 Å². The van der Waals surface area contributed by atoms with Crippen LogP contribution in [0.2, 0.25) is 0 Å². The fourth-order valence-corrected chi connectivity index (χ4v) is 1.88. The van der Waals surface area contributed by atoms with Gasteiger partial charge in [0.15, 0.2) is 0 Å². The molecule has 0 unspecified atom stereocenters. The molecule has 0 aliphatic rings. The van der Waals surface area contributed by atoms with Crippen molar-refractivity contribution in [1.29, 1.82) is 0 Å². The van der Waals surface area contributed by atoms with E-state index in [-0.39, 0.29) is 25.3 Å². The molecule has 17 heavy (non-hydrogen) atoms. The second-order valence-corrected chi connectivity index (χ2v) is 5.48. The molecule has 0 atom stereocenters. The molecule has 0 saturated carbocycles. The van der Waals surface area contributed by atoms with Crippen molar-refractivity contribution in [2.24, 2.45) is 0 Å². The van der Waals surface area contributed by atoms with Crippen LogP contribution in [0.3, 0.4) is 0 Å². The SMILES string of the molecule is C=C(C)COCCNS(=O)(=O)CCC(=O)OC. The Morgan fingerprint density at radius 1 is 1.41 bits per heavy atom. The largest absolute Gasteiger partial charge is 0.469 e. The van der Waals surface area contributed by atoms with Crippen LogP contribution in [0.4, 0.5) is 0 Å². The highest BCUT2D eigenvalue weighted by atomic mass is 32.2. The lowest BCUT2D eigenvalue weighted by atomic mass is 10.4. The Morgan fingerprint density at radius 3 is 2.59 bits per heavy atom. The molecule has 0 heterocycles. The van der Waals surface area contributed by atoms with Gasteiger partial charge in [0.1, 0.15) is 0 Å². The Kier molecular flexibility index (Phi) is 7.77. The van der Waals surface area contributed by atoms with E-state index in [1.165, 1.54) is 7.11 Å². The Morgan fingerprint density at radius 2 is 2.06 bits per heavy atom. The number of esters is 1. The Hall–Kier alpha value is -0.920. The molecule has 0 aromatic carbocycles. The van der Waals surface area contributed by atoms with Gasteiger partial charge in [0.2, 0.25) is 10.0 Å². The molecule has 6 nitrogen and oxygen atoms in total. The zero-order valence-electron chi connectivity index (χ0n) is 10.2. The first-order chi connectivity index (χ1) is 7.87. The molecule has 0 aromatic heterocycles. The summed E-state index contributed by atoms with van der Waals surface area (Å²) in [6.45, 7) is 6.32. The molecule has 0 aliphatic carbocycles. The van der Waals surface area contributed by atoms with Gasteiger partial charge in [-0.1, -0.05) is 12.2 Å². The standard InChI is InChI=1S/C10H19NO5S/c1-9(2)8-16-6-5-11-17(13,14)7-4-10(12)15-3/h11H,1,4-8H2,2-3H3. The summed E-state index contributed by atoms with van der Waals surface area (Å²) in [5.74, 6) is -0.825. The van der Waals surface area contributed by atoms with Gasteiger partial charge in [-0.2, -0.15) is 0 Å². The van der Waals surface area contributed by atoms with Crippen molar-refractivity contribution in [2.45, 2.75) is 13.3 Å². The summed E-state index contributed by atoms with van der Waals surface area (Å²) < 4.78 is 34.5. The van der Waals surface area contributed by atoms with Crippen LogP contribution in [0.1, 0.15) is 13.3 Å². The molecule has 7 heteroatoms. The zero-order chi connectivity index (χ0) is 13.3. The van der Waals surface area contributed by atoms with Crippen LogP contribution >= 0.6 is 0 Å². The van der Waals surface area contributed by atoms with Crippen molar-refractivity contribution >= 4 is 16.0 Å². The third kappa shape index (κ3) is 9.98. The van der Waals surface area contributed by atoms with Gasteiger partial charge < -0.3 is 9.47 Å². The van der Waals surface area contributed by atoms with E-state index in [1.54, 1.807) is 0 Å². The number of methoxy groups -OCH3 is 1. The first-order valence-electron chi connectivity index (χ1n) is 5.13. The molecular formula is C10H19NO5S. The molecule has 0 bridgehead atoms. The average Bonchev–Trinajstić information content (AvgIpc) is 2.25. The third-order valence-corrected chi connectivity index (χ3v) is 3.10. The van der Waals surface area contributed by atoms with Crippen molar-refractivity contribution in [3.05, 3.63) is 12.2 Å². The highest BCUT2D eigenvalue weighted by Crippen LogP contribution is 1.92. The lowest BCUT2D eigenvalue weighted by molar-refractivity contribution is -0.140. The molecule has 0 aromatic rings. The van der Waals surface area contributed by atoms with Gasteiger partial charge in [-0.25, -0.2) is 13.1 Å². The van der Waals surface area contributed by atoms with E-state index >= 15 is 0 Å². The molecule has 0 radical (unpaired) electrons. The average molecular weight is 265 g/mol. The summed E-state index contributed by atoms with van der Waals surface area (Å²) >= 11 is 0. The van der Waals surface area contributed by atoms with Gasteiger partial charge in [0.05, 0.1) is 32.5 Å². The smallest absolute Gasteiger partial charge is 0.306 e. The maximum Gasteiger partial charge on any atom is 0.306 e. The quantitative estimate of drug-likeness (QED) is 0.362. The van der Waals surface area contributed by atoms with E-state index in [1.807, 2.05) is 6.92 Å². The predicted octanol–water partition coefficient (Wildman–Crippen LogP) is 0.0616. The summed E-state index contributed by atoms with van der Waals surface area (Å²) in [7, 11) is -2.22. The van der Waals surface area contributed by atoms with Crippen molar-refractivity contribution in [3.63, 3.8) is 0 Å². The molecule has 0 rings (SSSR count). The monoisotopic (exact) mass is 265 g/mol. The number of carbonyl (C=O) groups is 1. The maximum atomic E-state index is 11.4. The second kappa shape index (κ2) is 8.21. The van der Waals surface area contributed by atoms with Crippen LogP contribution in [0.5, 0.6) is 0 Å². The molecule has 1 N–H and O–H groups in total. The fraction of sp³-hybridized carbons (Fsp3) is 0.700. The number of nitrogens with one attached hydrogen (secondary N) is 1. The zero-order valence-corrected chi connectivity index (χ0v) is 11.0. The second-order valence-electron chi connectivity index (χ2n) is 3.55. The minimum Gasteiger partial charge on any atom is -0.469 e. The van der Waals surface area contributed by atoms with Crippen LogP contribution < -0.4 is 4.72 Å². The number of sulfonamides is 1. The molecule has 0 aliphatic heterocycles. The van der Waals surface area contributed by atoms with Crippen LogP contribution in [0.25, 0.3) is 0 Å². The van der Waals surface area contributed by atoms with Crippen molar-refractivity contribution in [1.82, 2.24) is 4.72 Å². The van der Waals surface area contributed by atoms with Gasteiger partial charge in [-0.05, 0) is 6.92 Å². The summed E-state index contributed by atoms with van der Waals surface area (Å²) in [6, 6.07) is 0. The van der Waals surface area contributed by atoms with E-state index < -0.39 is 16.0 Å². The summed E-state index contributed by atoms with van der Waals surface area (Å²) in [6.07, 6.45) is -0.154. The molecule has 100 valence electrons. The van der Waals surface area contributed by atoms with Crippen LogP contribution in [-0.4, -0.2) is 47.0 Å². The molecule has 0 fully saturated rings. The summed E-state index contributed by atoms with van der Waals surface area (Å²) in [5, 5.41) is 0. The van der Waals surface area contributed by atoms with Gasteiger partial charge in [-0.3, -0.25) is 4.79 Å². The highest BCUT2D eigenvalue weighted by molar-refractivity contribution is 7.89. The topological polar surface area (TPSA) is 81.7 Å². The number of hydrogen-bond acceptors (Lipinski definition) is 5. The Balaban J connectivity index is 3.71. The van der Waals surface area contributed by atoms with Gasteiger partial charge in [0, 0.05) is 6.54 Å². The highest BCUT2D eigenvalue weighted by Gasteiger charge is 2.12. The van der Waals surface area contributed by atoms with Gasteiger partial charge in [-0.15, -0.1) is 0 Å². The molecule has 0 amide bonds. The first kappa shape index (κ1) is 16.1. The number of hydrogen-bond donors (Lipinski definition) is 1.